The van der Waals surface area contributed by atoms with Crippen molar-refractivity contribution < 1.29 is 18.0 Å². The molecule has 1 unspecified atom stereocenters. The zero-order chi connectivity index (χ0) is 30.8. The van der Waals surface area contributed by atoms with E-state index in [1.54, 1.807) is 30.3 Å². The molecule has 1 atom stereocenters. The number of sulfonamides is 1. The topological polar surface area (TPSA) is 86.8 Å². The van der Waals surface area contributed by atoms with E-state index in [1.807, 2.05) is 61.5 Å². The highest BCUT2D eigenvalue weighted by Crippen LogP contribution is 2.26. The number of para-hydroxylation sites is 1. The lowest BCUT2D eigenvalue weighted by Crippen LogP contribution is -2.53. The Hall–Kier alpha value is -3.66. The first-order valence-corrected chi connectivity index (χ1v) is 16.5. The van der Waals surface area contributed by atoms with E-state index in [1.165, 1.54) is 29.2 Å². The first-order valence-electron chi connectivity index (χ1n) is 13.9. The molecule has 4 aromatic rings. The average molecular weight is 683 g/mol. The monoisotopic (exact) mass is 681 g/mol. The number of amides is 2. The van der Waals surface area contributed by atoms with Crippen molar-refractivity contribution in [2.24, 2.45) is 0 Å². The molecule has 0 aliphatic heterocycles. The molecule has 0 fully saturated rings. The van der Waals surface area contributed by atoms with Gasteiger partial charge in [-0.15, -0.1) is 0 Å². The Balaban J connectivity index is 1.78. The highest BCUT2D eigenvalue weighted by atomic mass is 79.9. The molecule has 0 heterocycles. The molecule has 0 saturated heterocycles. The van der Waals surface area contributed by atoms with Crippen molar-refractivity contribution in [1.82, 2.24) is 10.2 Å². The number of anilines is 1. The van der Waals surface area contributed by atoms with Gasteiger partial charge in [0, 0.05) is 29.0 Å². The minimum atomic E-state index is -4.18. The van der Waals surface area contributed by atoms with Gasteiger partial charge >= 0.3 is 0 Å². The standard InChI is InChI=1S/C33H33BrClN3O4S/c1-2-20-36-33(40)31(22-25-10-5-3-6-11-25)37(23-26-12-9-13-27(34)21-26)32(39)24-38(29-14-7-4-8-15-29)43(41,42)30-18-16-28(35)17-19-30/h3-19,21,31H,2,20,22-24H2,1H3,(H,36,40). The summed E-state index contributed by atoms with van der Waals surface area (Å²) in [6, 6.07) is 30.3. The number of hydrogen-bond donors (Lipinski definition) is 1. The first-order chi connectivity index (χ1) is 20.7. The second-order valence-electron chi connectivity index (χ2n) is 9.95. The maximum atomic E-state index is 14.4. The maximum Gasteiger partial charge on any atom is 0.264 e. The van der Waals surface area contributed by atoms with Gasteiger partial charge in [0.15, 0.2) is 0 Å². The molecule has 7 nitrogen and oxygen atoms in total. The molecule has 0 bridgehead atoms. The Labute approximate surface area is 266 Å². The van der Waals surface area contributed by atoms with E-state index in [0.717, 1.165) is 26.3 Å². The summed E-state index contributed by atoms with van der Waals surface area (Å²) in [5.41, 5.74) is 1.99. The Morgan fingerprint density at radius 1 is 0.860 bits per heavy atom. The van der Waals surface area contributed by atoms with E-state index in [4.69, 9.17) is 11.6 Å². The highest BCUT2D eigenvalue weighted by molar-refractivity contribution is 9.10. The number of halogens is 2. The van der Waals surface area contributed by atoms with Crippen molar-refractivity contribution in [1.29, 1.82) is 0 Å². The predicted octanol–water partition coefficient (Wildman–Crippen LogP) is 6.46. The van der Waals surface area contributed by atoms with Crippen molar-refractivity contribution in [2.75, 3.05) is 17.4 Å². The SMILES string of the molecule is CCCNC(=O)C(Cc1ccccc1)N(Cc1cccc(Br)c1)C(=O)CN(c1ccccc1)S(=O)(=O)c1ccc(Cl)cc1. The molecule has 0 aromatic heterocycles. The lowest BCUT2D eigenvalue weighted by Gasteiger charge is -2.34. The Bertz CT molecular complexity index is 1620. The minimum absolute atomic E-state index is 0.00591. The van der Waals surface area contributed by atoms with Crippen molar-refractivity contribution in [3.8, 4) is 0 Å². The molecule has 4 rings (SSSR count). The second-order valence-corrected chi connectivity index (χ2v) is 13.2. The summed E-state index contributed by atoms with van der Waals surface area (Å²) in [6.45, 7) is 1.98. The summed E-state index contributed by atoms with van der Waals surface area (Å²) in [6.07, 6.45) is 0.982. The quantitative estimate of drug-likeness (QED) is 0.175. The maximum absolute atomic E-state index is 14.4. The van der Waals surface area contributed by atoms with Crippen LogP contribution in [-0.4, -0.2) is 44.3 Å². The smallest absolute Gasteiger partial charge is 0.264 e. The number of carbonyl (C=O) groups excluding carboxylic acids is 2. The molecule has 0 radical (unpaired) electrons. The van der Waals surface area contributed by atoms with Crippen LogP contribution in [-0.2, 0) is 32.6 Å². The van der Waals surface area contributed by atoms with Crippen LogP contribution in [0.25, 0.3) is 0 Å². The number of nitrogens with zero attached hydrogens (tertiary/aromatic N) is 2. The van der Waals surface area contributed by atoms with E-state index < -0.39 is 28.5 Å². The Morgan fingerprint density at radius 3 is 2.12 bits per heavy atom. The molecule has 0 aliphatic rings. The van der Waals surface area contributed by atoms with Crippen LogP contribution in [0.3, 0.4) is 0 Å². The van der Waals surface area contributed by atoms with Crippen LogP contribution >= 0.6 is 27.5 Å². The Morgan fingerprint density at radius 2 is 1.49 bits per heavy atom. The third kappa shape index (κ3) is 8.69. The van der Waals surface area contributed by atoms with Crippen molar-refractivity contribution >= 4 is 55.1 Å². The fourth-order valence-electron chi connectivity index (χ4n) is 4.61. The lowest BCUT2D eigenvalue weighted by atomic mass is 10.0. The summed E-state index contributed by atoms with van der Waals surface area (Å²) >= 11 is 9.52. The molecule has 10 heteroatoms. The van der Waals surface area contributed by atoms with Gasteiger partial charge in [0.1, 0.15) is 12.6 Å². The summed E-state index contributed by atoms with van der Waals surface area (Å²) in [4.78, 5) is 29.5. The van der Waals surface area contributed by atoms with Gasteiger partial charge in [-0.1, -0.05) is 95.1 Å². The number of carbonyl (C=O) groups is 2. The number of benzene rings is 4. The summed E-state index contributed by atoms with van der Waals surface area (Å²) in [5, 5.41) is 3.34. The summed E-state index contributed by atoms with van der Waals surface area (Å²) in [5.74, 6) is -0.824. The number of rotatable bonds is 13. The minimum Gasteiger partial charge on any atom is -0.354 e. The van der Waals surface area contributed by atoms with Crippen LogP contribution in [0, 0.1) is 0 Å². The van der Waals surface area contributed by atoms with Gasteiger partial charge in [0.05, 0.1) is 10.6 Å². The zero-order valence-electron chi connectivity index (χ0n) is 23.7. The van der Waals surface area contributed by atoms with E-state index in [2.05, 4.69) is 21.2 Å². The van der Waals surface area contributed by atoms with E-state index in [9.17, 15) is 18.0 Å². The highest BCUT2D eigenvalue weighted by Gasteiger charge is 2.34. The molecule has 0 aliphatic carbocycles. The van der Waals surface area contributed by atoms with Gasteiger partial charge in [0.2, 0.25) is 11.8 Å². The largest absolute Gasteiger partial charge is 0.354 e. The van der Waals surface area contributed by atoms with E-state index in [0.29, 0.717) is 17.3 Å². The Kier molecular flexibility index (Phi) is 11.4. The van der Waals surface area contributed by atoms with Crippen molar-refractivity contribution in [3.05, 3.63) is 130 Å². The van der Waals surface area contributed by atoms with Crippen LogP contribution in [0.15, 0.2) is 119 Å². The zero-order valence-corrected chi connectivity index (χ0v) is 26.9. The molecule has 43 heavy (non-hydrogen) atoms. The number of nitrogens with one attached hydrogen (secondary N) is 1. The van der Waals surface area contributed by atoms with Gasteiger partial charge < -0.3 is 10.2 Å². The van der Waals surface area contributed by atoms with E-state index in [-0.39, 0.29) is 23.8 Å². The first kappa shape index (κ1) is 32.3. The molecule has 0 saturated carbocycles. The third-order valence-electron chi connectivity index (χ3n) is 6.79. The molecular formula is C33H33BrClN3O4S. The van der Waals surface area contributed by atoms with Crippen LogP contribution in [0.1, 0.15) is 24.5 Å². The van der Waals surface area contributed by atoms with Crippen molar-refractivity contribution in [3.63, 3.8) is 0 Å². The normalized spacial score (nSPS) is 11.9. The second kappa shape index (κ2) is 15.2. The van der Waals surface area contributed by atoms with Crippen LogP contribution in [0.4, 0.5) is 5.69 Å². The molecule has 4 aromatic carbocycles. The lowest BCUT2D eigenvalue weighted by molar-refractivity contribution is -0.140. The molecule has 2 amide bonds. The summed E-state index contributed by atoms with van der Waals surface area (Å²) in [7, 11) is -4.18. The van der Waals surface area contributed by atoms with Gasteiger partial charge in [-0.3, -0.25) is 13.9 Å². The van der Waals surface area contributed by atoms with Crippen LogP contribution < -0.4 is 9.62 Å². The molecule has 224 valence electrons. The molecule has 0 spiro atoms. The van der Waals surface area contributed by atoms with E-state index >= 15 is 0 Å². The summed E-state index contributed by atoms with van der Waals surface area (Å²) < 4.78 is 29.8. The van der Waals surface area contributed by atoms with Crippen LogP contribution in [0.2, 0.25) is 5.02 Å². The molecule has 1 N–H and O–H groups in total. The van der Waals surface area contributed by atoms with Gasteiger partial charge in [0.25, 0.3) is 10.0 Å². The average Bonchev–Trinajstić information content (AvgIpc) is 3.01. The fourth-order valence-corrected chi connectivity index (χ4v) is 6.60. The van der Waals surface area contributed by atoms with Gasteiger partial charge in [-0.2, -0.15) is 0 Å². The fraction of sp³-hybridized carbons (Fsp3) is 0.212. The predicted molar refractivity (Wildman–Crippen MR) is 174 cm³/mol. The van der Waals surface area contributed by atoms with Gasteiger partial charge in [-0.05, 0) is 66.1 Å². The third-order valence-corrected chi connectivity index (χ3v) is 9.32. The van der Waals surface area contributed by atoms with Gasteiger partial charge in [-0.25, -0.2) is 8.42 Å². The number of hydrogen-bond acceptors (Lipinski definition) is 4. The molecular weight excluding hydrogens is 650 g/mol. The van der Waals surface area contributed by atoms with Crippen LogP contribution in [0.5, 0.6) is 0 Å². The van der Waals surface area contributed by atoms with Crippen molar-refractivity contribution in [2.45, 2.75) is 37.2 Å².